The minimum absolute atomic E-state index is 0.137. The molecule has 1 aliphatic carbocycles. The van der Waals surface area contributed by atoms with Crippen LogP contribution in [0.25, 0.3) is 16.8 Å². The van der Waals surface area contributed by atoms with Gasteiger partial charge in [-0.05, 0) is 41.9 Å². The quantitative estimate of drug-likeness (QED) is 0.656. The predicted octanol–water partition coefficient (Wildman–Crippen LogP) is 4.45. The smallest absolute Gasteiger partial charge is 0.262 e. The van der Waals surface area contributed by atoms with Crippen LogP contribution >= 0.6 is 0 Å². The van der Waals surface area contributed by atoms with Gasteiger partial charge in [-0.1, -0.05) is 50.1 Å². The molecule has 2 aromatic carbocycles. The molecule has 1 N–H and O–H groups in total. The summed E-state index contributed by atoms with van der Waals surface area (Å²) in [4.78, 5) is 12.6. The molecule has 4 nitrogen and oxygen atoms in total. The molecular weight excluding hydrogens is 324 g/mol. The number of benzene rings is 2. The first-order chi connectivity index (χ1) is 12.6. The molecule has 2 aromatic rings. The number of nitriles is 1. The molecule has 0 unspecified atom stereocenters. The Morgan fingerprint density at radius 3 is 2.62 bits per heavy atom. The first-order valence-electron chi connectivity index (χ1n) is 9.12. The number of rotatable bonds is 4. The van der Waals surface area contributed by atoms with Crippen LogP contribution in [0.3, 0.4) is 0 Å². The van der Waals surface area contributed by atoms with Crippen molar-refractivity contribution in [3.63, 3.8) is 0 Å². The Kier molecular flexibility index (Phi) is 5.58. The summed E-state index contributed by atoms with van der Waals surface area (Å²) in [5.41, 5.74) is 0.975. The summed E-state index contributed by atoms with van der Waals surface area (Å²) >= 11 is 0. The van der Waals surface area contributed by atoms with E-state index < -0.39 is 0 Å². The van der Waals surface area contributed by atoms with Crippen molar-refractivity contribution in [3.05, 3.63) is 47.5 Å². The number of nitrogens with one attached hydrogen (secondary N) is 1. The molecule has 0 heterocycles. The van der Waals surface area contributed by atoms with E-state index in [-0.39, 0.29) is 17.5 Å². The maximum Gasteiger partial charge on any atom is 0.262 e. The number of carbonyl (C=O) groups is 1. The lowest BCUT2D eigenvalue weighted by Crippen LogP contribution is -2.41. The van der Waals surface area contributed by atoms with Gasteiger partial charge in [0.25, 0.3) is 5.91 Å². The van der Waals surface area contributed by atoms with E-state index in [4.69, 9.17) is 4.74 Å². The third-order valence-electron chi connectivity index (χ3n) is 5.23. The van der Waals surface area contributed by atoms with Crippen LogP contribution in [0.2, 0.25) is 0 Å². The summed E-state index contributed by atoms with van der Waals surface area (Å²) in [6.45, 7) is 2.16. The number of amides is 1. The molecule has 4 heteroatoms. The van der Waals surface area contributed by atoms with Crippen molar-refractivity contribution < 1.29 is 9.53 Å². The Balaban J connectivity index is 1.91. The third-order valence-corrected chi connectivity index (χ3v) is 5.23. The summed E-state index contributed by atoms with van der Waals surface area (Å²) in [5, 5.41) is 14.5. The fourth-order valence-electron chi connectivity index (χ4n) is 3.68. The Hall–Kier alpha value is -2.80. The van der Waals surface area contributed by atoms with Crippen molar-refractivity contribution in [3.8, 4) is 11.8 Å². The highest BCUT2D eigenvalue weighted by molar-refractivity contribution is 6.04. The largest absolute Gasteiger partial charge is 0.496 e. The summed E-state index contributed by atoms with van der Waals surface area (Å²) in [7, 11) is 1.64. The van der Waals surface area contributed by atoms with Gasteiger partial charge in [-0.25, -0.2) is 0 Å². The predicted molar refractivity (Wildman–Crippen MR) is 104 cm³/mol. The molecule has 134 valence electrons. The van der Waals surface area contributed by atoms with Crippen LogP contribution in [-0.4, -0.2) is 19.1 Å². The van der Waals surface area contributed by atoms with Crippen molar-refractivity contribution in [1.29, 1.82) is 5.26 Å². The Morgan fingerprint density at radius 2 is 1.92 bits per heavy atom. The molecule has 0 aromatic heterocycles. The second-order valence-corrected chi connectivity index (χ2v) is 6.91. The Bertz CT molecular complexity index is 879. The maximum absolute atomic E-state index is 12.6. The van der Waals surface area contributed by atoms with Gasteiger partial charge in [0.15, 0.2) is 0 Å². The summed E-state index contributed by atoms with van der Waals surface area (Å²) in [6.07, 6.45) is 6.12. The summed E-state index contributed by atoms with van der Waals surface area (Å²) in [6, 6.07) is 13.8. The molecule has 1 aliphatic rings. The lowest BCUT2D eigenvalue weighted by atomic mass is 9.86. The van der Waals surface area contributed by atoms with Crippen LogP contribution in [0.4, 0.5) is 0 Å². The number of carbonyl (C=O) groups excluding carboxylic acids is 1. The minimum atomic E-state index is -0.286. The van der Waals surface area contributed by atoms with Crippen LogP contribution in [-0.2, 0) is 4.79 Å². The second-order valence-electron chi connectivity index (χ2n) is 6.91. The van der Waals surface area contributed by atoms with Crippen LogP contribution in [0.1, 0.15) is 38.2 Å². The van der Waals surface area contributed by atoms with Crippen molar-refractivity contribution in [2.45, 2.75) is 38.6 Å². The zero-order valence-electron chi connectivity index (χ0n) is 15.3. The van der Waals surface area contributed by atoms with E-state index in [1.165, 1.54) is 6.42 Å². The fraction of sp³-hybridized carbons (Fsp3) is 0.364. The van der Waals surface area contributed by atoms with Gasteiger partial charge >= 0.3 is 0 Å². The van der Waals surface area contributed by atoms with Crippen LogP contribution in [0.5, 0.6) is 5.75 Å². The topological polar surface area (TPSA) is 62.1 Å². The average Bonchev–Trinajstić information content (AvgIpc) is 2.67. The van der Waals surface area contributed by atoms with Gasteiger partial charge in [0.2, 0.25) is 0 Å². The molecule has 0 spiro atoms. The SMILES string of the molecule is COc1ccc(/C=C(\C#N)C(=O)N[C@H]2CCCC[C@@H]2C)c2ccccc12. The normalized spacial score (nSPS) is 20.4. The van der Waals surface area contributed by atoms with Crippen molar-refractivity contribution in [2.24, 2.45) is 5.92 Å². The second kappa shape index (κ2) is 8.05. The van der Waals surface area contributed by atoms with Crippen molar-refractivity contribution in [1.82, 2.24) is 5.32 Å². The molecule has 1 amide bonds. The molecule has 0 bridgehead atoms. The third kappa shape index (κ3) is 3.72. The van der Waals surface area contributed by atoms with Crippen LogP contribution < -0.4 is 10.1 Å². The highest BCUT2D eigenvalue weighted by Gasteiger charge is 2.24. The van der Waals surface area contributed by atoms with Crippen LogP contribution in [0, 0.1) is 17.2 Å². The molecule has 1 saturated carbocycles. The minimum Gasteiger partial charge on any atom is -0.496 e. The van der Waals surface area contributed by atoms with Gasteiger partial charge in [-0.2, -0.15) is 5.26 Å². The molecule has 2 atom stereocenters. The van der Waals surface area contributed by atoms with Gasteiger partial charge in [-0.3, -0.25) is 4.79 Å². The van der Waals surface area contributed by atoms with E-state index >= 15 is 0 Å². The molecule has 26 heavy (non-hydrogen) atoms. The highest BCUT2D eigenvalue weighted by atomic mass is 16.5. The molecule has 1 fully saturated rings. The molecular formula is C22H24N2O2. The van der Waals surface area contributed by atoms with Gasteiger partial charge in [-0.15, -0.1) is 0 Å². The van der Waals surface area contributed by atoms with Gasteiger partial charge in [0.1, 0.15) is 17.4 Å². The van der Waals surface area contributed by atoms with Crippen LogP contribution in [0.15, 0.2) is 42.0 Å². The highest BCUT2D eigenvalue weighted by Crippen LogP contribution is 2.30. The van der Waals surface area contributed by atoms with Crippen molar-refractivity contribution in [2.75, 3.05) is 7.11 Å². The van der Waals surface area contributed by atoms with Gasteiger partial charge < -0.3 is 10.1 Å². The zero-order chi connectivity index (χ0) is 18.5. The number of fused-ring (bicyclic) bond motifs is 1. The number of methoxy groups -OCH3 is 1. The van der Waals surface area contributed by atoms with E-state index in [1.807, 2.05) is 36.4 Å². The lowest BCUT2D eigenvalue weighted by Gasteiger charge is -2.29. The van der Waals surface area contributed by atoms with Crippen molar-refractivity contribution >= 4 is 22.8 Å². The summed E-state index contributed by atoms with van der Waals surface area (Å²) < 4.78 is 5.41. The number of nitrogens with zero attached hydrogens (tertiary/aromatic N) is 1. The van der Waals surface area contributed by atoms with E-state index in [1.54, 1.807) is 13.2 Å². The van der Waals surface area contributed by atoms with E-state index in [0.29, 0.717) is 5.92 Å². The zero-order valence-corrected chi connectivity index (χ0v) is 15.3. The fourth-order valence-corrected chi connectivity index (χ4v) is 3.68. The number of hydrogen-bond acceptors (Lipinski definition) is 3. The maximum atomic E-state index is 12.6. The standard InChI is InChI=1S/C22H24N2O2/c1-15-7-3-6-10-20(15)24-22(25)17(14-23)13-16-11-12-21(26-2)19-9-5-4-8-18(16)19/h4-5,8-9,11-13,15,20H,3,6-7,10H2,1-2H3,(H,24,25)/b17-13+/t15-,20-/m0/s1. The van der Waals surface area contributed by atoms with Gasteiger partial charge in [0, 0.05) is 11.4 Å². The first kappa shape index (κ1) is 18.0. The van der Waals surface area contributed by atoms with Gasteiger partial charge in [0.05, 0.1) is 7.11 Å². The first-order valence-corrected chi connectivity index (χ1v) is 9.12. The molecule has 3 rings (SSSR count). The lowest BCUT2D eigenvalue weighted by molar-refractivity contribution is -0.118. The summed E-state index contributed by atoms with van der Waals surface area (Å²) in [5.74, 6) is 0.942. The van der Waals surface area contributed by atoms with E-state index in [9.17, 15) is 10.1 Å². The molecule has 0 aliphatic heterocycles. The Morgan fingerprint density at radius 1 is 1.19 bits per heavy atom. The number of hydrogen-bond donors (Lipinski definition) is 1. The average molecular weight is 348 g/mol. The number of ether oxygens (including phenoxy) is 1. The monoisotopic (exact) mass is 348 g/mol. The van der Waals surface area contributed by atoms with E-state index in [0.717, 1.165) is 41.3 Å². The molecule has 0 saturated heterocycles. The Labute approximate surface area is 154 Å². The molecule has 0 radical (unpaired) electrons. The van der Waals surface area contributed by atoms with E-state index in [2.05, 4.69) is 18.3 Å².